The van der Waals surface area contributed by atoms with Gasteiger partial charge in [0.1, 0.15) is 5.75 Å². The number of benzene rings is 1. The van der Waals surface area contributed by atoms with Crippen molar-refractivity contribution >= 4 is 22.6 Å². The van der Waals surface area contributed by atoms with Gasteiger partial charge < -0.3 is 15.0 Å². The maximum Gasteiger partial charge on any atom is 0.292 e. The number of ketones is 1. The number of aryl methyl sites for hydroxylation is 1. The number of fused-ring (bicyclic) bond motifs is 1. The minimum atomic E-state index is -0.504. The van der Waals surface area contributed by atoms with Crippen molar-refractivity contribution in [2.45, 2.75) is 161 Å². The number of aromatic amines is 1. The summed E-state index contributed by atoms with van der Waals surface area (Å²) in [5.74, 6) is 0.680. The van der Waals surface area contributed by atoms with Gasteiger partial charge in [0.25, 0.3) is 11.7 Å². The molecule has 3 rings (SSSR count). The van der Waals surface area contributed by atoms with Crippen LogP contribution in [0.1, 0.15) is 171 Å². The number of H-pyrrole nitrogens is 1. The Labute approximate surface area is 262 Å². The van der Waals surface area contributed by atoms with E-state index in [2.05, 4.69) is 23.3 Å². The highest BCUT2D eigenvalue weighted by molar-refractivity contribution is 6.45. The summed E-state index contributed by atoms with van der Waals surface area (Å²) in [6.45, 7) is 2.85. The molecule has 0 spiro atoms. The third kappa shape index (κ3) is 13.1. The quantitative estimate of drug-likeness (QED) is 0.0682. The van der Waals surface area contributed by atoms with E-state index in [1.807, 2.05) is 6.07 Å². The fourth-order valence-corrected chi connectivity index (χ4v) is 6.86. The van der Waals surface area contributed by atoms with E-state index in [4.69, 9.17) is 4.74 Å². The van der Waals surface area contributed by atoms with Crippen LogP contribution in [-0.2, 0) is 11.2 Å². The van der Waals surface area contributed by atoms with Crippen LogP contribution < -0.4 is 10.1 Å². The lowest BCUT2D eigenvalue weighted by Crippen LogP contribution is -2.31. The zero-order valence-corrected chi connectivity index (χ0v) is 27.7. The summed E-state index contributed by atoms with van der Waals surface area (Å²) >= 11 is 0. The molecule has 1 aliphatic carbocycles. The molecular formula is C38H62N2O3. The van der Waals surface area contributed by atoms with E-state index in [0.29, 0.717) is 12.1 Å². The molecule has 0 bridgehead atoms. The monoisotopic (exact) mass is 594 g/mol. The van der Waals surface area contributed by atoms with E-state index in [1.165, 1.54) is 128 Å². The molecule has 1 fully saturated rings. The summed E-state index contributed by atoms with van der Waals surface area (Å²) in [5.41, 5.74) is 2.41. The number of carbonyl (C=O) groups is 2. The second kappa shape index (κ2) is 21.4. The SMILES string of the molecule is CCCCCCCCCCCCCCCCCCCCNC(=O)C(=O)c1c[nH]c2cc(OC)c(CCC3CCCC3)cc12. The van der Waals surface area contributed by atoms with Gasteiger partial charge in [-0.3, -0.25) is 9.59 Å². The molecule has 0 saturated heterocycles. The Morgan fingerprint density at radius 3 is 1.86 bits per heavy atom. The van der Waals surface area contributed by atoms with Gasteiger partial charge in [-0.25, -0.2) is 0 Å². The number of unbranched alkanes of at least 4 members (excludes halogenated alkanes) is 17. The molecule has 0 unspecified atom stereocenters. The number of hydrogen-bond acceptors (Lipinski definition) is 3. The highest BCUT2D eigenvalue weighted by Crippen LogP contribution is 2.33. The summed E-state index contributed by atoms with van der Waals surface area (Å²) in [6.07, 6.45) is 33.2. The molecule has 1 saturated carbocycles. The van der Waals surface area contributed by atoms with Crippen LogP contribution in [0.3, 0.4) is 0 Å². The molecule has 1 aromatic carbocycles. The van der Waals surface area contributed by atoms with Gasteiger partial charge in [0.2, 0.25) is 0 Å². The first-order valence-electron chi connectivity index (χ1n) is 18.1. The molecule has 1 heterocycles. The number of aromatic nitrogens is 1. The van der Waals surface area contributed by atoms with E-state index in [-0.39, 0.29) is 0 Å². The first-order valence-corrected chi connectivity index (χ1v) is 18.1. The first kappa shape index (κ1) is 35.2. The summed E-state index contributed by atoms with van der Waals surface area (Å²) < 4.78 is 5.65. The lowest BCUT2D eigenvalue weighted by Gasteiger charge is -2.12. The van der Waals surface area contributed by atoms with Crippen LogP contribution in [0.5, 0.6) is 5.75 Å². The number of methoxy groups -OCH3 is 1. The second-order valence-electron chi connectivity index (χ2n) is 13.2. The van der Waals surface area contributed by atoms with Crippen molar-refractivity contribution in [3.63, 3.8) is 0 Å². The fourth-order valence-electron chi connectivity index (χ4n) is 6.86. The molecule has 5 heteroatoms. The predicted octanol–water partition coefficient (Wildman–Crippen LogP) is 10.6. The van der Waals surface area contributed by atoms with Crippen molar-refractivity contribution in [3.05, 3.63) is 29.5 Å². The van der Waals surface area contributed by atoms with Crippen LogP contribution in [-0.4, -0.2) is 30.3 Å². The van der Waals surface area contributed by atoms with Gasteiger partial charge in [0, 0.05) is 29.7 Å². The smallest absolute Gasteiger partial charge is 0.292 e. The van der Waals surface area contributed by atoms with Gasteiger partial charge in [-0.15, -0.1) is 0 Å². The number of rotatable bonds is 25. The molecule has 43 heavy (non-hydrogen) atoms. The fraction of sp³-hybridized carbons (Fsp3) is 0.737. The highest BCUT2D eigenvalue weighted by Gasteiger charge is 2.22. The first-order chi connectivity index (χ1) is 21.1. The summed E-state index contributed by atoms with van der Waals surface area (Å²) in [7, 11) is 1.70. The molecule has 242 valence electrons. The Morgan fingerprint density at radius 1 is 0.791 bits per heavy atom. The van der Waals surface area contributed by atoms with Crippen molar-refractivity contribution in [2.75, 3.05) is 13.7 Å². The molecule has 2 aromatic rings. The summed E-state index contributed by atoms with van der Waals surface area (Å²) in [6, 6.07) is 4.02. The average molecular weight is 595 g/mol. The molecule has 0 atom stereocenters. The largest absolute Gasteiger partial charge is 0.496 e. The number of amides is 1. The third-order valence-corrected chi connectivity index (χ3v) is 9.65. The van der Waals surface area contributed by atoms with Crippen LogP contribution in [0.25, 0.3) is 10.9 Å². The number of carbonyl (C=O) groups excluding carboxylic acids is 2. The van der Waals surface area contributed by atoms with Gasteiger partial charge >= 0.3 is 0 Å². The van der Waals surface area contributed by atoms with Gasteiger partial charge in [0.05, 0.1) is 12.7 Å². The molecule has 5 nitrogen and oxygen atoms in total. The number of Topliss-reactive ketones (excluding diaryl/α,β-unsaturated/α-hetero) is 1. The Balaban J connectivity index is 1.22. The highest BCUT2D eigenvalue weighted by atomic mass is 16.5. The molecule has 2 N–H and O–H groups in total. The van der Waals surface area contributed by atoms with Crippen molar-refractivity contribution in [1.29, 1.82) is 0 Å². The van der Waals surface area contributed by atoms with Gasteiger partial charge in [-0.05, 0) is 36.8 Å². The minimum Gasteiger partial charge on any atom is -0.496 e. The number of hydrogen-bond donors (Lipinski definition) is 2. The standard InChI is InChI=1S/C38H62N2O3/c1-3-4-5-6-7-8-9-10-11-12-13-14-15-16-17-18-19-22-27-39-38(42)37(41)34-30-40-35-29-36(43-2)32(28-33(34)35)26-25-31-23-20-21-24-31/h28-31,40H,3-27H2,1-2H3,(H,39,42). The Hall–Kier alpha value is -2.30. The van der Waals surface area contributed by atoms with Crippen molar-refractivity contribution in [1.82, 2.24) is 10.3 Å². The predicted molar refractivity (Wildman–Crippen MR) is 181 cm³/mol. The average Bonchev–Trinajstić information content (AvgIpc) is 3.70. The topological polar surface area (TPSA) is 71.2 Å². The normalized spacial score (nSPS) is 13.6. The Kier molecular flexibility index (Phi) is 17.5. The van der Waals surface area contributed by atoms with Crippen LogP contribution >= 0.6 is 0 Å². The van der Waals surface area contributed by atoms with E-state index in [0.717, 1.165) is 53.8 Å². The van der Waals surface area contributed by atoms with Gasteiger partial charge in [0.15, 0.2) is 0 Å². The molecule has 1 aromatic heterocycles. The maximum absolute atomic E-state index is 13.0. The van der Waals surface area contributed by atoms with E-state index < -0.39 is 11.7 Å². The summed E-state index contributed by atoms with van der Waals surface area (Å²) in [5, 5.41) is 3.68. The van der Waals surface area contributed by atoms with E-state index >= 15 is 0 Å². The number of nitrogens with one attached hydrogen (secondary N) is 2. The van der Waals surface area contributed by atoms with Crippen LogP contribution in [0.2, 0.25) is 0 Å². The van der Waals surface area contributed by atoms with Crippen LogP contribution in [0.4, 0.5) is 0 Å². The number of ether oxygens (including phenoxy) is 1. The molecule has 0 radical (unpaired) electrons. The molecule has 1 amide bonds. The van der Waals surface area contributed by atoms with Crippen molar-refractivity contribution in [3.8, 4) is 5.75 Å². The molecule has 0 aliphatic heterocycles. The zero-order chi connectivity index (χ0) is 30.5. The van der Waals surface area contributed by atoms with E-state index in [9.17, 15) is 9.59 Å². The lowest BCUT2D eigenvalue weighted by molar-refractivity contribution is -0.117. The van der Waals surface area contributed by atoms with Crippen molar-refractivity contribution in [2.24, 2.45) is 5.92 Å². The molecular weight excluding hydrogens is 532 g/mol. The second-order valence-corrected chi connectivity index (χ2v) is 13.2. The van der Waals surface area contributed by atoms with Gasteiger partial charge in [-0.1, -0.05) is 142 Å². The lowest BCUT2D eigenvalue weighted by atomic mass is 9.96. The Morgan fingerprint density at radius 2 is 1.33 bits per heavy atom. The summed E-state index contributed by atoms with van der Waals surface area (Å²) in [4.78, 5) is 28.9. The van der Waals surface area contributed by atoms with E-state index in [1.54, 1.807) is 13.3 Å². The zero-order valence-electron chi connectivity index (χ0n) is 27.7. The minimum absolute atomic E-state index is 0.454. The maximum atomic E-state index is 13.0. The van der Waals surface area contributed by atoms with Crippen LogP contribution in [0, 0.1) is 5.92 Å². The van der Waals surface area contributed by atoms with Crippen molar-refractivity contribution < 1.29 is 14.3 Å². The van der Waals surface area contributed by atoms with Crippen LogP contribution in [0.15, 0.2) is 18.3 Å². The molecule has 1 aliphatic rings. The van der Waals surface area contributed by atoms with Gasteiger partial charge in [-0.2, -0.15) is 0 Å². The third-order valence-electron chi connectivity index (χ3n) is 9.65. The Bertz CT molecular complexity index is 1050.